The van der Waals surface area contributed by atoms with Crippen molar-refractivity contribution in [3.63, 3.8) is 0 Å². The van der Waals surface area contributed by atoms with Crippen LogP contribution in [0.5, 0.6) is 23.0 Å². The zero-order valence-electron chi connectivity index (χ0n) is 30.2. The van der Waals surface area contributed by atoms with Gasteiger partial charge in [-0.25, -0.2) is 0 Å². The Morgan fingerprint density at radius 3 is 2.10 bits per heavy atom. The fraction of sp³-hybridized carbons (Fsp3) is 0.227. The van der Waals surface area contributed by atoms with Crippen LogP contribution >= 0.6 is 0 Å². The molecule has 4 aromatic carbocycles. The van der Waals surface area contributed by atoms with E-state index in [-0.39, 0.29) is 28.1 Å². The molecule has 0 fully saturated rings. The minimum atomic E-state index is -0.435. The summed E-state index contributed by atoms with van der Waals surface area (Å²) in [7, 11) is 1.61. The van der Waals surface area contributed by atoms with E-state index in [1.54, 1.807) is 43.5 Å². The highest BCUT2D eigenvalue weighted by Crippen LogP contribution is 2.39. The first kappa shape index (κ1) is 35.0. The van der Waals surface area contributed by atoms with E-state index in [4.69, 9.17) is 18.6 Å². The zero-order chi connectivity index (χ0) is 36.7. The van der Waals surface area contributed by atoms with Gasteiger partial charge in [-0.15, -0.1) is 0 Å². The molecular formula is C44H42O7. The van der Waals surface area contributed by atoms with Crippen molar-refractivity contribution in [2.75, 3.05) is 7.11 Å². The second-order valence-electron chi connectivity index (χ2n) is 14.0. The summed E-state index contributed by atoms with van der Waals surface area (Å²) < 4.78 is 23.3. The molecule has 7 heteroatoms. The number of phenols is 1. The topological polar surface area (TPSA) is 95.2 Å². The molecule has 5 aromatic rings. The first-order valence-electron chi connectivity index (χ1n) is 16.8. The van der Waals surface area contributed by atoms with Crippen LogP contribution in [0.25, 0.3) is 40.5 Å². The van der Waals surface area contributed by atoms with Gasteiger partial charge < -0.3 is 23.7 Å². The third kappa shape index (κ3) is 7.38. The van der Waals surface area contributed by atoms with Crippen LogP contribution in [0.1, 0.15) is 71.4 Å². The maximum atomic E-state index is 12.6. The normalized spacial score (nSPS) is 14.9. The van der Waals surface area contributed by atoms with Crippen molar-refractivity contribution in [2.45, 2.75) is 59.7 Å². The Kier molecular flexibility index (Phi) is 9.25. The van der Waals surface area contributed by atoms with Gasteiger partial charge in [0.15, 0.2) is 11.2 Å². The largest absolute Gasteiger partial charge is 0.506 e. The summed E-state index contributed by atoms with van der Waals surface area (Å²) in [6.45, 7) is 13.9. The van der Waals surface area contributed by atoms with Gasteiger partial charge in [-0.1, -0.05) is 30.3 Å². The number of benzene rings is 4. The summed E-state index contributed by atoms with van der Waals surface area (Å²) in [6, 6.07) is 20.3. The number of hydrogen-bond donors (Lipinski definition) is 1. The number of ketones is 1. The number of carbonyl (C=O) groups is 1. The molecule has 0 saturated carbocycles. The molecule has 51 heavy (non-hydrogen) atoms. The van der Waals surface area contributed by atoms with Gasteiger partial charge in [-0.2, -0.15) is 0 Å². The Bertz CT molecular complexity index is 2330. The number of carbonyl (C=O) groups excluding carboxylic acids is 1. The van der Waals surface area contributed by atoms with Crippen LogP contribution in [0.2, 0.25) is 0 Å². The SMILES string of the molecule is COc1cc(/C=C/C(=O)c2ccc3c(c2O)C=CC(C)(C)O3)ccc1C.Cc1ccc(-c2cc(=O)c3ccc4c(c3o2)C=CC(C)(C)O4)cc1C. The quantitative estimate of drug-likeness (QED) is 0.146. The van der Waals surface area contributed by atoms with E-state index < -0.39 is 5.60 Å². The Morgan fingerprint density at radius 2 is 1.41 bits per heavy atom. The molecule has 0 radical (unpaired) electrons. The summed E-state index contributed by atoms with van der Waals surface area (Å²) >= 11 is 0. The van der Waals surface area contributed by atoms with E-state index in [1.807, 2.05) is 95.3 Å². The first-order chi connectivity index (χ1) is 24.1. The smallest absolute Gasteiger partial charge is 0.193 e. The average Bonchev–Trinajstić information content (AvgIpc) is 3.08. The van der Waals surface area contributed by atoms with Crippen molar-refractivity contribution >= 4 is 35.0 Å². The molecule has 260 valence electrons. The molecule has 7 nitrogen and oxygen atoms in total. The molecule has 0 spiro atoms. The molecule has 2 aliphatic rings. The summed E-state index contributed by atoms with van der Waals surface area (Å²) in [5.41, 5.74) is 6.47. The zero-order valence-corrected chi connectivity index (χ0v) is 30.2. The van der Waals surface area contributed by atoms with Crippen LogP contribution in [0.3, 0.4) is 0 Å². The number of fused-ring (bicyclic) bond motifs is 4. The number of aromatic hydroxyl groups is 1. The monoisotopic (exact) mass is 682 g/mol. The molecule has 1 aromatic heterocycles. The molecule has 7 rings (SSSR count). The molecule has 0 atom stereocenters. The predicted octanol–water partition coefficient (Wildman–Crippen LogP) is 10.1. The van der Waals surface area contributed by atoms with Crippen molar-refractivity contribution in [3.05, 3.63) is 134 Å². The second-order valence-corrected chi connectivity index (χ2v) is 14.0. The Labute approximate surface area is 298 Å². The number of allylic oxidation sites excluding steroid dienone is 1. The van der Waals surface area contributed by atoms with Crippen molar-refractivity contribution in [2.24, 2.45) is 0 Å². The molecule has 0 saturated heterocycles. The van der Waals surface area contributed by atoms with Gasteiger partial charge in [0, 0.05) is 11.6 Å². The molecule has 0 amide bonds. The highest BCUT2D eigenvalue weighted by Gasteiger charge is 2.26. The minimum Gasteiger partial charge on any atom is -0.506 e. The number of aryl methyl sites for hydroxylation is 3. The van der Waals surface area contributed by atoms with Crippen molar-refractivity contribution in [1.29, 1.82) is 0 Å². The number of methoxy groups -OCH3 is 1. The summed E-state index contributed by atoms with van der Waals surface area (Å²) in [5.74, 6) is 2.31. The van der Waals surface area contributed by atoms with Gasteiger partial charge in [-0.3, -0.25) is 9.59 Å². The first-order valence-corrected chi connectivity index (χ1v) is 16.8. The molecule has 0 aliphatic carbocycles. The van der Waals surface area contributed by atoms with Gasteiger partial charge in [0.1, 0.15) is 45.5 Å². The van der Waals surface area contributed by atoms with Crippen molar-refractivity contribution < 1.29 is 28.5 Å². The third-order valence-corrected chi connectivity index (χ3v) is 9.04. The van der Waals surface area contributed by atoms with Crippen LogP contribution in [0, 0.1) is 20.8 Å². The van der Waals surface area contributed by atoms with E-state index >= 15 is 0 Å². The lowest BCUT2D eigenvalue weighted by atomic mass is 9.98. The highest BCUT2D eigenvalue weighted by molar-refractivity contribution is 6.09. The van der Waals surface area contributed by atoms with E-state index in [0.29, 0.717) is 28.0 Å². The fourth-order valence-electron chi connectivity index (χ4n) is 5.95. The maximum absolute atomic E-state index is 12.6. The standard InChI is InChI=1S/C22H22O4.C22H20O3/c1-14-5-6-15(13-20(14)25-4)7-9-18(23)16-8-10-19-17(21(16)24)11-12-22(2,3)26-19;1-13-5-6-15(11-14(13)2)20-12-18(23)16-7-8-19-17(21(16)24-20)9-10-22(3,4)25-19/h5-13,24H,1-4H3;5-12H,1-4H3/b9-7+;. The van der Waals surface area contributed by atoms with Crippen LogP contribution in [0.4, 0.5) is 0 Å². The van der Waals surface area contributed by atoms with Gasteiger partial charge in [0.25, 0.3) is 0 Å². The lowest BCUT2D eigenvalue weighted by molar-refractivity contribution is 0.104. The number of hydrogen-bond acceptors (Lipinski definition) is 7. The van der Waals surface area contributed by atoms with Crippen molar-refractivity contribution in [3.8, 4) is 34.3 Å². The molecule has 3 heterocycles. The molecule has 0 bridgehead atoms. The number of phenolic OH excluding ortho intramolecular Hbond substituents is 1. The predicted molar refractivity (Wildman–Crippen MR) is 204 cm³/mol. The second kappa shape index (κ2) is 13.5. The van der Waals surface area contributed by atoms with Gasteiger partial charge in [0.05, 0.1) is 29.2 Å². The molecule has 1 N–H and O–H groups in total. The van der Waals surface area contributed by atoms with Crippen molar-refractivity contribution in [1.82, 2.24) is 0 Å². The van der Waals surface area contributed by atoms with Crippen LogP contribution in [-0.4, -0.2) is 29.2 Å². The molecular weight excluding hydrogens is 640 g/mol. The summed E-state index contributed by atoms with van der Waals surface area (Å²) in [5, 5.41) is 11.1. The fourth-order valence-corrected chi connectivity index (χ4v) is 5.95. The van der Waals surface area contributed by atoms with E-state index in [1.165, 1.54) is 17.2 Å². The van der Waals surface area contributed by atoms with Crippen LogP contribution in [-0.2, 0) is 0 Å². The number of rotatable bonds is 5. The Hall–Kier alpha value is -5.82. The third-order valence-electron chi connectivity index (χ3n) is 9.04. The lowest BCUT2D eigenvalue weighted by Crippen LogP contribution is -2.27. The number of ether oxygens (including phenoxy) is 3. The Morgan fingerprint density at radius 1 is 0.765 bits per heavy atom. The van der Waals surface area contributed by atoms with Gasteiger partial charge >= 0.3 is 0 Å². The molecule has 0 unspecified atom stereocenters. The van der Waals surface area contributed by atoms with Crippen LogP contribution < -0.4 is 19.6 Å². The maximum Gasteiger partial charge on any atom is 0.193 e. The van der Waals surface area contributed by atoms with Crippen LogP contribution in [0.15, 0.2) is 94.2 Å². The van der Waals surface area contributed by atoms with E-state index in [9.17, 15) is 14.7 Å². The minimum absolute atomic E-state index is 0.0458. The van der Waals surface area contributed by atoms with E-state index in [2.05, 4.69) is 13.8 Å². The highest BCUT2D eigenvalue weighted by atomic mass is 16.5. The van der Waals surface area contributed by atoms with E-state index in [0.717, 1.165) is 33.8 Å². The average molecular weight is 683 g/mol. The summed E-state index contributed by atoms with van der Waals surface area (Å²) in [6.07, 6.45) is 10.8. The van der Waals surface area contributed by atoms with Gasteiger partial charge in [0.2, 0.25) is 0 Å². The molecule has 2 aliphatic heterocycles. The summed E-state index contributed by atoms with van der Waals surface area (Å²) in [4.78, 5) is 25.1. The van der Waals surface area contributed by atoms with Gasteiger partial charge in [-0.05, 0) is 137 Å². The lowest BCUT2D eigenvalue weighted by Gasteiger charge is -2.28. The Balaban J connectivity index is 0.000000176.